The average molecular weight is 178 g/mol. The van der Waals surface area contributed by atoms with Gasteiger partial charge in [-0.1, -0.05) is 18.1 Å². The minimum absolute atomic E-state index is 0.0196. The van der Waals surface area contributed by atoms with E-state index in [1.165, 1.54) is 25.7 Å². The van der Waals surface area contributed by atoms with E-state index in [1.54, 1.807) is 5.57 Å². The smallest absolute Gasteiger partial charge is 0.0607 e. The molecule has 0 heterocycles. The fourth-order valence-corrected chi connectivity index (χ4v) is 3.97. The first-order valence-electron chi connectivity index (χ1n) is 5.64. The Hall–Kier alpha value is -0.300. The van der Waals surface area contributed by atoms with Gasteiger partial charge in [0.25, 0.3) is 0 Å². The number of aliphatic hydroxyl groups excluding tert-OH is 1. The van der Waals surface area contributed by atoms with E-state index in [4.69, 9.17) is 0 Å². The maximum atomic E-state index is 10.2. The Balaban J connectivity index is 1.99. The minimum atomic E-state index is 0.0196. The second-order valence-corrected chi connectivity index (χ2v) is 5.17. The lowest BCUT2D eigenvalue weighted by Crippen LogP contribution is -2.43. The molecule has 5 atom stereocenters. The summed E-state index contributed by atoms with van der Waals surface area (Å²) < 4.78 is 0. The first-order chi connectivity index (χ1) is 6.27. The molecule has 3 aliphatic carbocycles. The highest BCUT2D eigenvalue weighted by Crippen LogP contribution is 2.53. The van der Waals surface area contributed by atoms with Crippen LogP contribution in [0.3, 0.4) is 0 Å². The van der Waals surface area contributed by atoms with Crippen molar-refractivity contribution in [1.82, 2.24) is 0 Å². The van der Waals surface area contributed by atoms with Crippen molar-refractivity contribution in [2.24, 2.45) is 23.7 Å². The van der Waals surface area contributed by atoms with E-state index in [2.05, 4.69) is 13.0 Å². The molecule has 72 valence electrons. The second kappa shape index (κ2) is 2.60. The van der Waals surface area contributed by atoms with Gasteiger partial charge in [0.15, 0.2) is 0 Å². The number of hydrogen-bond acceptors (Lipinski definition) is 1. The molecule has 0 aromatic heterocycles. The van der Waals surface area contributed by atoms with Crippen LogP contribution in [0.25, 0.3) is 0 Å². The Morgan fingerprint density at radius 3 is 2.92 bits per heavy atom. The summed E-state index contributed by atoms with van der Waals surface area (Å²) in [6.07, 6.45) is 7.69. The Kier molecular flexibility index (Phi) is 1.61. The van der Waals surface area contributed by atoms with Crippen molar-refractivity contribution < 1.29 is 5.11 Å². The summed E-state index contributed by atoms with van der Waals surface area (Å²) in [5.41, 5.74) is 1.57. The van der Waals surface area contributed by atoms with Crippen LogP contribution in [0, 0.1) is 23.7 Å². The van der Waals surface area contributed by atoms with E-state index in [9.17, 15) is 5.11 Å². The first-order valence-corrected chi connectivity index (χ1v) is 5.64. The van der Waals surface area contributed by atoms with E-state index in [-0.39, 0.29) is 6.10 Å². The summed E-state index contributed by atoms with van der Waals surface area (Å²) in [6.45, 7) is 2.26. The van der Waals surface area contributed by atoms with Gasteiger partial charge in [-0.05, 0) is 49.9 Å². The molecule has 1 unspecified atom stereocenters. The lowest BCUT2D eigenvalue weighted by atomic mass is 9.63. The quantitative estimate of drug-likeness (QED) is 0.565. The lowest BCUT2D eigenvalue weighted by molar-refractivity contribution is -0.0467. The zero-order valence-electron chi connectivity index (χ0n) is 8.24. The summed E-state index contributed by atoms with van der Waals surface area (Å²) >= 11 is 0. The van der Waals surface area contributed by atoms with E-state index >= 15 is 0 Å². The van der Waals surface area contributed by atoms with Crippen LogP contribution < -0.4 is 0 Å². The third-order valence-corrected chi connectivity index (χ3v) is 4.61. The number of rotatable bonds is 0. The Morgan fingerprint density at radius 1 is 1.31 bits per heavy atom. The normalized spacial score (nSPS) is 53.4. The van der Waals surface area contributed by atoms with E-state index in [1.807, 2.05) is 0 Å². The van der Waals surface area contributed by atoms with Crippen LogP contribution in [-0.4, -0.2) is 11.2 Å². The third kappa shape index (κ3) is 0.969. The van der Waals surface area contributed by atoms with Gasteiger partial charge in [-0.25, -0.2) is 0 Å². The van der Waals surface area contributed by atoms with Gasteiger partial charge in [0.05, 0.1) is 6.10 Å². The van der Waals surface area contributed by atoms with Gasteiger partial charge in [0.1, 0.15) is 0 Å². The monoisotopic (exact) mass is 178 g/mol. The van der Waals surface area contributed by atoms with Crippen molar-refractivity contribution in [2.75, 3.05) is 0 Å². The molecule has 0 saturated heterocycles. The van der Waals surface area contributed by atoms with Gasteiger partial charge in [-0.2, -0.15) is 0 Å². The maximum absolute atomic E-state index is 10.2. The lowest BCUT2D eigenvalue weighted by Gasteiger charge is -2.44. The Morgan fingerprint density at radius 2 is 2.08 bits per heavy atom. The van der Waals surface area contributed by atoms with Crippen molar-refractivity contribution in [1.29, 1.82) is 0 Å². The number of aliphatic hydroxyl groups is 1. The van der Waals surface area contributed by atoms with Crippen LogP contribution in [0.4, 0.5) is 0 Å². The minimum Gasteiger partial charge on any atom is -0.393 e. The fourth-order valence-electron chi connectivity index (χ4n) is 3.97. The van der Waals surface area contributed by atoms with Crippen molar-refractivity contribution in [3.8, 4) is 0 Å². The molecule has 1 nitrogen and oxygen atoms in total. The molecule has 0 spiro atoms. The van der Waals surface area contributed by atoms with Crippen LogP contribution in [0.2, 0.25) is 0 Å². The number of hydrogen-bond donors (Lipinski definition) is 1. The van der Waals surface area contributed by atoms with E-state index in [0.29, 0.717) is 11.8 Å². The average Bonchev–Trinajstić information content (AvgIpc) is 2.43. The van der Waals surface area contributed by atoms with E-state index < -0.39 is 0 Å². The van der Waals surface area contributed by atoms with Crippen LogP contribution >= 0.6 is 0 Å². The van der Waals surface area contributed by atoms with Gasteiger partial charge >= 0.3 is 0 Å². The van der Waals surface area contributed by atoms with Gasteiger partial charge in [0.2, 0.25) is 0 Å². The van der Waals surface area contributed by atoms with Crippen LogP contribution in [0.15, 0.2) is 11.6 Å². The molecule has 3 rings (SSSR count). The molecule has 2 fully saturated rings. The number of allylic oxidation sites excluding steroid dienone is 2. The molecular weight excluding hydrogens is 160 g/mol. The molecular formula is C12H18O. The zero-order valence-corrected chi connectivity index (χ0v) is 8.24. The highest BCUT2D eigenvalue weighted by Gasteiger charge is 2.48. The summed E-state index contributed by atoms with van der Waals surface area (Å²) in [5.74, 6) is 2.66. The molecule has 0 aromatic carbocycles. The fraction of sp³-hybridized carbons (Fsp3) is 0.833. The zero-order chi connectivity index (χ0) is 9.00. The molecule has 0 aliphatic heterocycles. The molecule has 1 N–H and O–H groups in total. The summed E-state index contributed by atoms with van der Waals surface area (Å²) in [4.78, 5) is 0. The maximum Gasteiger partial charge on any atom is 0.0607 e. The third-order valence-electron chi connectivity index (χ3n) is 4.61. The highest BCUT2D eigenvalue weighted by molar-refractivity contribution is 5.21. The van der Waals surface area contributed by atoms with Crippen LogP contribution in [0.5, 0.6) is 0 Å². The van der Waals surface area contributed by atoms with Crippen molar-refractivity contribution in [2.45, 2.75) is 38.7 Å². The topological polar surface area (TPSA) is 20.2 Å². The van der Waals surface area contributed by atoms with Crippen molar-refractivity contribution >= 4 is 0 Å². The van der Waals surface area contributed by atoms with Crippen LogP contribution in [0.1, 0.15) is 32.6 Å². The molecule has 0 aromatic rings. The summed E-state index contributed by atoms with van der Waals surface area (Å²) in [7, 11) is 0. The Bertz CT molecular complexity index is 256. The predicted molar refractivity (Wildman–Crippen MR) is 52.2 cm³/mol. The predicted octanol–water partition coefficient (Wildman–Crippen LogP) is 2.36. The Labute approximate surface area is 79.8 Å². The summed E-state index contributed by atoms with van der Waals surface area (Å²) in [5, 5.41) is 10.2. The van der Waals surface area contributed by atoms with Gasteiger partial charge in [-0.15, -0.1) is 0 Å². The molecule has 2 saturated carbocycles. The number of fused-ring (bicyclic) bond motifs is 6. The molecule has 1 heteroatoms. The van der Waals surface area contributed by atoms with E-state index in [0.717, 1.165) is 11.8 Å². The second-order valence-electron chi connectivity index (χ2n) is 5.17. The van der Waals surface area contributed by atoms with Gasteiger partial charge in [0, 0.05) is 0 Å². The molecule has 3 aliphatic rings. The summed E-state index contributed by atoms with van der Waals surface area (Å²) in [6, 6.07) is 0. The molecule has 4 bridgehead atoms. The molecule has 0 amide bonds. The van der Waals surface area contributed by atoms with Crippen molar-refractivity contribution in [3.05, 3.63) is 11.6 Å². The van der Waals surface area contributed by atoms with Crippen molar-refractivity contribution in [3.63, 3.8) is 0 Å². The largest absolute Gasteiger partial charge is 0.393 e. The standard InChI is InChI=1S/C12H18O/c1-7-5-8-6-11(7)10-4-2-3-9(8)12(10)13/h5,8-13H,2-4,6H2,1H3/t8-,9-,10+,11-,12?/m1/s1. The highest BCUT2D eigenvalue weighted by atomic mass is 16.3. The molecule has 0 radical (unpaired) electrons. The van der Waals surface area contributed by atoms with Gasteiger partial charge < -0.3 is 5.11 Å². The van der Waals surface area contributed by atoms with Crippen LogP contribution in [-0.2, 0) is 0 Å². The first kappa shape index (κ1) is 8.05. The molecule has 13 heavy (non-hydrogen) atoms. The SMILES string of the molecule is CC1=C[C@@H]2C[C@H]1[C@@H]1CCC[C@H]2C1O. The van der Waals surface area contributed by atoms with Gasteiger partial charge in [-0.3, -0.25) is 0 Å².